The Hall–Kier alpha value is -4.15. The Kier molecular flexibility index (Phi) is 6.46. The lowest BCUT2D eigenvalue weighted by atomic mass is 9.86. The number of amides is 2. The van der Waals surface area contributed by atoms with Gasteiger partial charge < -0.3 is 19.4 Å². The number of likely N-dealkylation sites (tertiary alicyclic amines) is 1. The van der Waals surface area contributed by atoms with Gasteiger partial charge in [0.1, 0.15) is 17.3 Å². The number of nitrogens with one attached hydrogen (secondary N) is 1. The minimum absolute atomic E-state index is 0.106. The standard InChI is InChI=1S/C27H28F2N6O3/c1-15-12-35-13-16(11-20(28)24(35)32-15)33-25(36)19-6-5-18(22-23(19)31-9-8-30-22)17-7-10-34(14-21(17)29)26(37)38-27(2,3)4/h5-6,8-9,11-13,17,21H,7,10,14H2,1-4H3,(H,33,36)/t17-,21+/m1/s1. The Morgan fingerprint density at radius 3 is 2.58 bits per heavy atom. The molecule has 2 atom stereocenters. The van der Waals surface area contributed by atoms with E-state index < -0.39 is 35.5 Å². The summed E-state index contributed by atoms with van der Waals surface area (Å²) < 4.78 is 36.8. The first-order valence-electron chi connectivity index (χ1n) is 12.3. The summed E-state index contributed by atoms with van der Waals surface area (Å²) in [6.07, 6.45) is 4.64. The van der Waals surface area contributed by atoms with Crippen LogP contribution in [0.4, 0.5) is 19.3 Å². The normalized spacial score (nSPS) is 18.1. The largest absolute Gasteiger partial charge is 0.444 e. The fraction of sp³-hybridized carbons (Fsp3) is 0.370. The predicted molar refractivity (Wildman–Crippen MR) is 137 cm³/mol. The summed E-state index contributed by atoms with van der Waals surface area (Å²) in [7, 11) is 0. The maximum absolute atomic E-state index is 15.4. The third-order valence-corrected chi connectivity index (χ3v) is 6.38. The SMILES string of the molecule is Cc1cn2cc(NC(=O)c3ccc([C@H]4CCN(C(=O)OC(C)(C)C)C[C@@H]4F)c4nccnc34)cc(F)c2n1. The van der Waals surface area contributed by atoms with Crippen LogP contribution in [0.1, 0.15) is 54.7 Å². The fourth-order valence-electron chi connectivity index (χ4n) is 4.75. The van der Waals surface area contributed by atoms with Crippen LogP contribution in [0.3, 0.4) is 0 Å². The van der Waals surface area contributed by atoms with Crippen LogP contribution in [0.15, 0.2) is 43.0 Å². The third kappa shape index (κ3) is 5.00. The van der Waals surface area contributed by atoms with Gasteiger partial charge in [-0.3, -0.25) is 14.8 Å². The van der Waals surface area contributed by atoms with Gasteiger partial charge in [0.05, 0.1) is 29.0 Å². The number of hydrogen-bond acceptors (Lipinski definition) is 6. The Morgan fingerprint density at radius 2 is 1.87 bits per heavy atom. The number of fused-ring (bicyclic) bond motifs is 2. The second kappa shape index (κ2) is 9.62. The second-order valence-corrected chi connectivity index (χ2v) is 10.4. The van der Waals surface area contributed by atoms with Gasteiger partial charge in [-0.05, 0) is 45.7 Å². The summed E-state index contributed by atoms with van der Waals surface area (Å²) in [5.74, 6) is -1.61. The number of nitrogens with zero attached hydrogens (tertiary/aromatic N) is 5. The Labute approximate surface area is 217 Å². The zero-order chi connectivity index (χ0) is 27.2. The van der Waals surface area contributed by atoms with Crippen molar-refractivity contribution in [1.82, 2.24) is 24.3 Å². The first kappa shape index (κ1) is 25.5. The summed E-state index contributed by atoms with van der Waals surface area (Å²) in [4.78, 5) is 39.9. The van der Waals surface area contributed by atoms with E-state index in [9.17, 15) is 14.0 Å². The molecular formula is C27H28F2N6O3. The maximum Gasteiger partial charge on any atom is 0.410 e. The highest BCUT2D eigenvalue weighted by Gasteiger charge is 2.36. The number of rotatable bonds is 3. The van der Waals surface area contributed by atoms with E-state index in [4.69, 9.17) is 4.74 Å². The zero-order valence-electron chi connectivity index (χ0n) is 21.5. The molecule has 0 unspecified atom stereocenters. The zero-order valence-corrected chi connectivity index (χ0v) is 21.5. The molecule has 1 saturated heterocycles. The first-order valence-corrected chi connectivity index (χ1v) is 12.3. The van der Waals surface area contributed by atoms with Crippen LogP contribution < -0.4 is 5.32 Å². The molecule has 3 aromatic heterocycles. The van der Waals surface area contributed by atoms with E-state index >= 15 is 4.39 Å². The van der Waals surface area contributed by atoms with Crippen molar-refractivity contribution in [2.24, 2.45) is 0 Å². The molecule has 0 aliphatic carbocycles. The van der Waals surface area contributed by atoms with E-state index in [1.165, 1.54) is 27.8 Å². The van der Waals surface area contributed by atoms with Crippen molar-refractivity contribution in [3.63, 3.8) is 0 Å². The molecule has 2 amide bonds. The van der Waals surface area contributed by atoms with Gasteiger partial charge in [-0.15, -0.1) is 0 Å². The lowest BCUT2D eigenvalue weighted by Crippen LogP contribution is -2.46. The molecular weight excluding hydrogens is 494 g/mol. The molecule has 0 spiro atoms. The first-order chi connectivity index (χ1) is 18.0. The molecule has 4 aromatic rings. The molecule has 9 nitrogen and oxygen atoms in total. The number of benzene rings is 1. The summed E-state index contributed by atoms with van der Waals surface area (Å²) >= 11 is 0. The second-order valence-electron chi connectivity index (χ2n) is 10.4. The average Bonchev–Trinajstić information content (AvgIpc) is 3.23. The van der Waals surface area contributed by atoms with Gasteiger partial charge in [-0.25, -0.2) is 18.6 Å². The van der Waals surface area contributed by atoms with Crippen LogP contribution in [0.5, 0.6) is 0 Å². The minimum Gasteiger partial charge on any atom is -0.444 e. The number of imidazole rings is 1. The molecule has 1 aliphatic rings. The van der Waals surface area contributed by atoms with E-state index in [1.54, 1.807) is 52.2 Å². The summed E-state index contributed by atoms with van der Waals surface area (Å²) in [5, 5.41) is 2.71. The molecule has 0 bridgehead atoms. The summed E-state index contributed by atoms with van der Waals surface area (Å²) in [5.41, 5.74) is 1.94. The van der Waals surface area contributed by atoms with E-state index in [-0.39, 0.29) is 23.4 Å². The van der Waals surface area contributed by atoms with Crippen molar-refractivity contribution in [2.75, 3.05) is 18.4 Å². The van der Waals surface area contributed by atoms with E-state index in [0.717, 1.165) is 0 Å². The van der Waals surface area contributed by atoms with Crippen molar-refractivity contribution in [1.29, 1.82) is 0 Å². The number of ether oxygens (including phenoxy) is 1. The van der Waals surface area contributed by atoms with Crippen molar-refractivity contribution in [3.05, 3.63) is 65.6 Å². The van der Waals surface area contributed by atoms with E-state index in [1.807, 2.05) is 0 Å². The fourth-order valence-corrected chi connectivity index (χ4v) is 4.75. The minimum atomic E-state index is -1.35. The van der Waals surface area contributed by atoms with Crippen LogP contribution in [-0.4, -0.2) is 61.1 Å². The predicted octanol–water partition coefficient (Wildman–Crippen LogP) is 5.04. The number of carbonyl (C=O) groups is 2. The van der Waals surface area contributed by atoms with Gasteiger partial charge in [0.15, 0.2) is 11.5 Å². The molecule has 0 radical (unpaired) electrons. The Morgan fingerprint density at radius 1 is 1.13 bits per heavy atom. The quantitative estimate of drug-likeness (QED) is 0.405. The molecule has 1 aromatic carbocycles. The number of halogens is 2. The lowest BCUT2D eigenvalue weighted by molar-refractivity contribution is 0.0112. The molecule has 4 heterocycles. The van der Waals surface area contributed by atoms with E-state index in [0.29, 0.717) is 35.3 Å². The van der Waals surface area contributed by atoms with Gasteiger partial charge in [0, 0.05) is 43.3 Å². The molecule has 198 valence electrons. The Bertz CT molecular complexity index is 1550. The number of alkyl halides is 1. The highest BCUT2D eigenvalue weighted by atomic mass is 19.1. The average molecular weight is 523 g/mol. The number of aromatic nitrogens is 4. The topological polar surface area (TPSA) is 102 Å². The number of carbonyl (C=O) groups excluding carboxylic acids is 2. The molecule has 1 N–H and O–H groups in total. The lowest BCUT2D eigenvalue weighted by Gasteiger charge is -2.36. The van der Waals surface area contributed by atoms with E-state index in [2.05, 4.69) is 20.3 Å². The van der Waals surface area contributed by atoms with Gasteiger partial charge >= 0.3 is 6.09 Å². The smallest absolute Gasteiger partial charge is 0.410 e. The number of pyridine rings is 1. The van der Waals surface area contributed by atoms with Crippen LogP contribution >= 0.6 is 0 Å². The number of piperidine rings is 1. The third-order valence-electron chi connectivity index (χ3n) is 6.38. The van der Waals surface area contributed by atoms with Crippen molar-refractivity contribution in [2.45, 2.75) is 51.8 Å². The molecule has 38 heavy (non-hydrogen) atoms. The van der Waals surface area contributed by atoms with Gasteiger partial charge in [-0.2, -0.15) is 0 Å². The van der Waals surface area contributed by atoms with Crippen LogP contribution in [0.2, 0.25) is 0 Å². The summed E-state index contributed by atoms with van der Waals surface area (Å²) in [6.45, 7) is 7.26. The van der Waals surface area contributed by atoms with Gasteiger partial charge in [-0.1, -0.05) is 6.07 Å². The van der Waals surface area contributed by atoms with Crippen LogP contribution in [-0.2, 0) is 4.74 Å². The number of anilines is 1. The number of hydrogen-bond donors (Lipinski definition) is 1. The van der Waals surface area contributed by atoms with Crippen molar-refractivity contribution >= 4 is 34.4 Å². The van der Waals surface area contributed by atoms with Crippen molar-refractivity contribution < 1.29 is 23.1 Å². The molecule has 1 aliphatic heterocycles. The molecule has 1 fully saturated rings. The monoisotopic (exact) mass is 522 g/mol. The molecule has 5 rings (SSSR count). The Balaban J connectivity index is 1.40. The highest BCUT2D eigenvalue weighted by molar-refractivity contribution is 6.11. The summed E-state index contributed by atoms with van der Waals surface area (Å²) in [6, 6.07) is 4.45. The van der Waals surface area contributed by atoms with Crippen molar-refractivity contribution in [3.8, 4) is 0 Å². The van der Waals surface area contributed by atoms with Crippen LogP contribution in [0.25, 0.3) is 16.7 Å². The number of aryl methyl sites for hydroxylation is 1. The van der Waals surface area contributed by atoms with Gasteiger partial charge in [0.2, 0.25) is 0 Å². The maximum atomic E-state index is 15.4. The molecule has 0 saturated carbocycles. The highest BCUT2D eigenvalue weighted by Crippen LogP contribution is 2.35. The van der Waals surface area contributed by atoms with Crippen LogP contribution in [0, 0.1) is 12.7 Å². The van der Waals surface area contributed by atoms with Gasteiger partial charge in [0.25, 0.3) is 5.91 Å². The molecule has 11 heteroatoms.